The zero-order valence-corrected chi connectivity index (χ0v) is 12.2. The van der Waals surface area contributed by atoms with E-state index in [0.717, 1.165) is 18.4 Å². The minimum Gasteiger partial charge on any atom is -0.460 e. The van der Waals surface area contributed by atoms with Crippen LogP contribution in [0, 0.1) is 11.8 Å². The van der Waals surface area contributed by atoms with Gasteiger partial charge in [0, 0.05) is 0 Å². The van der Waals surface area contributed by atoms with E-state index in [1.807, 2.05) is 30.3 Å². The average Bonchev–Trinajstić information content (AvgIpc) is 2.44. The molecule has 1 unspecified atom stereocenters. The van der Waals surface area contributed by atoms with Crippen LogP contribution in [-0.4, -0.2) is 17.4 Å². The first-order chi connectivity index (χ1) is 9.63. The summed E-state index contributed by atoms with van der Waals surface area (Å²) in [7, 11) is 0. The van der Waals surface area contributed by atoms with Crippen molar-refractivity contribution in [2.45, 2.75) is 39.7 Å². The van der Waals surface area contributed by atoms with Gasteiger partial charge < -0.3 is 9.94 Å². The van der Waals surface area contributed by atoms with Gasteiger partial charge in [-0.1, -0.05) is 57.0 Å². The predicted octanol–water partition coefficient (Wildman–Crippen LogP) is 3.63. The maximum atomic E-state index is 12.0. The molecule has 0 saturated heterocycles. The summed E-state index contributed by atoms with van der Waals surface area (Å²) < 4.78 is 5.26. The lowest BCUT2D eigenvalue weighted by Gasteiger charge is -2.12. The van der Waals surface area contributed by atoms with Crippen molar-refractivity contribution in [3.63, 3.8) is 0 Å². The summed E-state index contributed by atoms with van der Waals surface area (Å²) in [5.41, 5.74) is 0.947. The Bertz CT molecular complexity index is 415. The third kappa shape index (κ3) is 6.36. The summed E-state index contributed by atoms with van der Waals surface area (Å²) in [5.74, 6) is -0.208. The standard InChI is InChI=1S/C16H23NO3/c1-13(2)7-6-10-15(11-17-19)16(18)20-12-14-8-4-3-5-9-14/h3-5,8-9,11,13,15,19H,6-7,10,12H2,1-2H3/b17-11-. The van der Waals surface area contributed by atoms with E-state index in [4.69, 9.17) is 9.94 Å². The maximum Gasteiger partial charge on any atom is 0.314 e. The van der Waals surface area contributed by atoms with Gasteiger partial charge in [0.25, 0.3) is 0 Å². The molecule has 0 spiro atoms. The van der Waals surface area contributed by atoms with Crippen LogP contribution in [0.2, 0.25) is 0 Å². The predicted molar refractivity (Wildman–Crippen MR) is 78.7 cm³/mol. The lowest BCUT2D eigenvalue weighted by atomic mass is 9.99. The van der Waals surface area contributed by atoms with Crippen molar-refractivity contribution in [2.75, 3.05) is 0 Å². The van der Waals surface area contributed by atoms with Gasteiger partial charge in [-0.05, 0) is 17.9 Å². The Morgan fingerprint density at radius 2 is 2.00 bits per heavy atom. The monoisotopic (exact) mass is 277 g/mol. The van der Waals surface area contributed by atoms with Gasteiger partial charge in [0.05, 0.1) is 12.1 Å². The lowest BCUT2D eigenvalue weighted by Crippen LogP contribution is -2.19. The van der Waals surface area contributed by atoms with Crippen molar-refractivity contribution < 1.29 is 14.7 Å². The highest BCUT2D eigenvalue weighted by Gasteiger charge is 2.18. The summed E-state index contributed by atoms with van der Waals surface area (Å²) in [4.78, 5) is 12.0. The first kappa shape index (κ1) is 16.2. The van der Waals surface area contributed by atoms with Crippen molar-refractivity contribution in [1.29, 1.82) is 0 Å². The molecule has 0 amide bonds. The van der Waals surface area contributed by atoms with E-state index < -0.39 is 5.92 Å². The molecular formula is C16H23NO3. The van der Waals surface area contributed by atoms with Crippen LogP contribution in [0.4, 0.5) is 0 Å². The molecule has 1 atom stereocenters. The number of carbonyl (C=O) groups is 1. The summed E-state index contributed by atoms with van der Waals surface area (Å²) in [6.45, 7) is 4.53. The minimum absolute atomic E-state index is 0.250. The Labute approximate surface area is 120 Å². The van der Waals surface area contributed by atoms with Gasteiger partial charge in [-0.25, -0.2) is 0 Å². The zero-order valence-electron chi connectivity index (χ0n) is 12.2. The Kier molecular flexibility index (Phi) is 7.40. The van der Waals surface area contributed by atoms with Crippen LogP contribution in [0.15, 0.2) is 35.5 Å². The second kappa shape index (κ2) is 9.13. The number of benzene rings is 1. The van der Waals surface area contributed by atoms with Gasteiger partial charge in [0.1, 0.15) is 6.61 Å². The fourth-order valence-electron chi connectivity index (χ4n) is 1.92. The molecule has 1 rings (SSSR count). The molecule has 4 nitrogen and oxygen atoms in total. The maximum absolute atomic E-state index is 12.0. The topological polar surface area (TPSA) is 58.9 Å². The molecule has 1 aromatic carbocycles. The van der Waals surface area contributed by atoms with Crippen molar-refractivity contribution in [3.8, 4) is 0 Å². The highest BCUT2D eigenvalue weighted by atomic mass is 16.5. The van der Waals surface area contributed by atoms with E-state index in [1.165, 1.54) is 6.21 Å². The molecule has 0 aromatic heterocycles. The zero-order chi connectivity index (χ0) is 14.8. The van der Waals surface area contributed by atoms with Crippen LogP contribution >= 0.6 is 0 Å². The number of rotatable bonds is 8. The summed E-state index contributed by atoms with van der Waals surface area (Å²) in [6.07, 6.45) is 3.86. The van der Waals surface area contributed by atoms with Crippen LogP contribution in [0.5, 0.6) is 0 Å². The van der Waals surface area contributed by atoms with E-state index in [-0.39, 0.29) is 12.6 Å². The minimum atomic E-state index is -0.470. The highest BCUT2D eigenvalue weighted by molar-refractivity contribution is 5.89. The number of esters is 1. The molecule has 110 valence electrons. The fraction of sp³-hybridized carbons (Fsp3) is 0.500. The molecule has 0 fully saturated rings. The van der Waals surface area contributed by atoms with Gasteiger partial charge in [-0.3, -0.25) is 4.79 Å². The molecule has 4 heteroatoms. The number of hydrogen-bond donors (Lipinski definition) is 1. The molecular weight excluding hydrogens is 254 g/mol. The highest BCUT2D eigenvalue weighted by Crippen LogP contribution is 2.14. The molecule has 20 heavy (non-hydrogen) atoms. The van der Waals surface area contributed by atoms with E-state index in [0.29, 0.717) is 12.3 Å². The molecule has 0 saturated carbocycles. The third-order valence-corrected chi connectivity index (χ3v) is 3.07. The van der Waals surface area contributed by atoms with Gasteiger partial charge in [-0.15, -0.1) is 5.16 Å². The van der Waals surface area contributed by atoms with E-state index in [9.17, 15) is 4.79 Å². The summed E-state index contributed by atoms with van der Waals surface area (Å²) >= 11 is 0. The molecule has 0 aliphatic rings. The second-order valence-electron chi connectivity index (χ2n) is 5.29. The van der Waals surface area contributed by atoms with Crippen LogP contribution in [0.3, 0.4) is 0 Å². The fourth-order valence-corrected chi connectivity index (χ4v) is 1.92. The molecule has 1 aromatic rings. The Morgan fingerprint density at radius 1 is 1.30 bits per heavy atom. The Balaban J connectivity index is 2.43. The Morgan fingerprint density at radius 3 is 2.60 bits per heavy atom. The third-order valence-electron chi connectivity index (χ3n) is 3.07. The smallest absolute Gasteiger partial charge is 0.314 e. The Hall–Kier alpha value is -1.84. The molecule has 0 aliphatic carbocycles. The van der Waals surface area contributed by atoms with Crippen molar-refractivity contribution in [2.24, 2.45) is 17.0 Å². The quantitative estimate of drug-likeness (QED) is 0.341. The molecule has 0 radical (unpaired) electrons. The largest absolute Gasteiger partial charge is 0.460 e. The van der Waals surface area contributed by atoms with Crippen LogP contribution < -0.4 is 0 Å². The number of oxime groups is 1. The van der Waals surface area contributed by atoms with E-state index in [1.54, 1.807) is 0 Å². The van der Waals surface area contributed by atoms with Gasteiger partial charge in [-0.2, -0.15) is 0 Å². The van der Waals surface area contributed by atoms with Gasteiger partial charge >= 0.3 is 5.97 Å². The number of nitrogens with zero attached hydrogens (tertiary/aromatic N) is 1. The first-order valence-electron chi connectivity index (χ1n) is 7.01. The SMILES string of the molecule is CC(C)CCCC(/C=N\O)C(=O)OCc1ccccc1. The second-order valence-corrected chi connectivity index (χ2v) is 5.29. The first-order valence-corrected chi connectivity index (χ1v) is 7.01. The molecule has 1 N–H and O–H groups in total. The number of carbonyl (C=O) groups excluding carboxylic acids is 1. The van der Waals surface area contributed by atoms with Crippen LogP contribution in [0.1, 0.15) is 38.7 Å². The van der Waals surface area contributed by atoms with Crippen molar-refractivity contribution >= 4 is 12.2 Å². The summed E-state index contributed by atoms with van der Waals surface area (Å²) in [6, 6.07) is 9.53. The van der Waals surface area contributed by atoms with Crippen LogP contribution in [0.25, 0.3) is 0 Å². The summed E-state index contributed by atoms with van der Waals surface area (Å²) in [5, 5.41) is 11.6. The van der Waals surface area contributed by atoms with Crippen molar-refractivity contribution in [3.05, 3.63) is 35.9 Å². The van der Waals surface area contributed by atoms with Gasteiger partial charge in [0.15, 0.2) is 0 Å². The van der Waals surface area contributed by atoms with Gasteiger partial charge in [0.2, 0.25) is 0 Å². The van der Waals surface area contributed by atoms with Crippen LogP contribution in [-0.2, 0) is 16.1 Å². The number of hydrogen-bond acceptors (Lipinski definition) is 4. The van der Waals surface area contributed by atoms with E-state index in [2.05, 4.69) is 19.0 Å². The number of ether oxygens (including phenoxy) is 1. The molecule has 0 bridgehead atoms. The van der Waals surface area contributed by atoms with Crippen molar-refractivity contribution in [1.82, 2.24) is 0 Å². The molecule has 0 aliphatic heterocycles. The normalized spacial score (nSPS) is 12.8. The van der Waals surface area contributed by atoms with E-state index >= 15 is 0 Å². The average molecular weight is 277 g/mol. The lowest BCUT2D eigenvalue weighted by molar-refractivity contribution is -0.147. The molecule has 0 heterocycles.